The molecule has 7 aromatic carbocycles. The fraction of sp³-hybridized carbons (Fsp3) is 0.132. The van der Waals surface area contributed by atoms with Crippen molar-refractivity contribution < 1.29 is 18.1 Å². The van der Waals surface area contributed by atoms with E-state index in [-0.39, 0.29) is 31.8 Å². The molecule has 0 spiro atoms. The van der Waals surface area contributed by atoms with E-state index in [1.54, 1.807) is 6.33 Å². The maximum atomic E-state index is 15.1. The van der Waals surface area contributed by atoms with Gasteiger partial charge in [-0.25, -0.2) is 13.4 Å². The van der Waals surface area contributed by atoms with Crippen LogP contribution in [0, 0.1) is 10.1 Å². The Kier molecular flexibility index (Phi) is 13.3. The first-order valence-corrected chi connectivity index (χ1v) is 22.6. The molecule has 1 N–H and O–H groups in total. The van der Waals surface area contributed by atoms with Crippen LogP contribution in [0.3, 0.4) is 0 Å². The number of rotatable bonds is 18. The lowest BCUT2D eigenvalue weighted by atomic mass is 9.77. The van der Waals surface area contributed by atoms with Crippen molar-refractivity contribution >= 4 is 21.6 Å². The maximum Gasteiger partial charge on any atom is 0.289 e. The van der Waals surface area contributed by atoms with Gasteiger partial charge in [-0.2, -0.15) is 4.31 Å². The van der Waals surface area contributed by atoms with Gasteiger partial charge in [-0.15, -0.1) is 0 Å². The summed E-state index contributed by atoms with van der Waals surface area (Å²) in [4.78, 5) is 31.0. The van der Waals surface area contributed by atoms with E-state index >= 15 is 8.42 Å². The number of nitrogens with one attached hydrogen (secondary N) is 1. The Morgan fingerprint density at radius 2 is 1.11 bits per heavy atom. The number of para-hydroxylation sites is 1. The van der Waals surface area contributed by atoms with Crippen LogP contribution in [0.15, 0.2) is 224 Å². The zero-order chi connectivity index (χ0) is 44.4. The first kappa shape index (κ1) is 43.2. The molecule has 0 aliphatic heterocycles. The fourth-order valence-corrected chi connectivity index (χ4v) is 10.3. The van der Waals surface area contributed by atoms with Gasteiger partial charge in [0.2, 0.25) is 5.91 Å². The van der Waals surface area contributed by atoms with Crippen LogP contribution in [0.25, 0.3) is 0 Å². The first-order valence-electron chi connectivity index (χ1n) is 21.1. The molecule has 11 heteroatoms. The van der Waals surface area contributed by atoms with Crippen LogP contribution >= 0.6 is 0 Å². The highest BCUT2D eigenvalue weighted by Crippen LogP contribution is 2.41. The molecule has 0 saturated heterocycles. The molecule has 0 saturated carbocycles. The van der Waals surface area contributed by atoms with E-state index in [0.29, 0.717) is 5.69 Å². The molecule has 0 fully saturated rings. The van der Waals surface area contributed by atoms with Crippen molar-refractivity contribution in [1.29, 1.82) is 0 Å². The van der Waals surface area contributed by atoms with E-state index in [0.717, 1.165) is 37.7 Å². The Labute approximate surface area is 373 Å². The topological polar surface area (TPSA) is 127 Å². The molecule has 10 nitrogen and oxygen atoms in total. The smallest absolute Gasteiger partial charge is 0.289 e. The standard InChI is InChI=1S/C53H47N5O5S/c59-52(54-38-48(42-23-9-2-10-24-42)43-25-11-3-12-26-43)50(37-41-21-7-1-8-22-41)57(64(62,63)51-34-20-19-33-49(51)58(60)61)36-35-47-39-56(40-55-47)53(44-27-13-4-14-28-44,45-29-15-5-16-30-45)46-31-17-6-18-32-46/h1-34,39-40,48,50H,35-38H2,(H,54,59). The number of hydrogen-bond acceptors (Lipinski definition) is 6. The van der Waals surface area contributed by atoms with Crippen molar-refractivity contribution in [2.45, 2.75) is 35.2 Å². The lowest BCUT2D eigenvalue weighted by Gasteiger charge is -2.37. The molecule has 0 aliphatic rings. The van der Waals surface area contributed by atoms with Crippen molar-refractivity contribution in [3.05, 3.63) is 268 Å². The summed E-state index contributed by atoms with van der Waals surface area (Å²) in [5.74, 6) is -0.781. The maximum absolute atomic E-state index is 15.1. The molecule has 0 aliphatic carbocycles. The van der Waals surface area contributed by atoms with Gasteiger partial charge in [-0.3, -0.25) is 14.9 Å². The second-order valence-corrected chi connectivity index (χ2v) is 17.4. The average Bonchev–Trinajstić information content (AvgIpc) is 3.82. The summed E-state index contributed by atoms with van der Waals surface area (Å²) in [6, 6.07) is 63.1. The molecule has 64 heavy (non-hydrogen) atoms. The SMILES string of the molecule is O=C(NCC(c1ccccc1)c1ccccc1)C(Cc1ccccc1)N(CCc1cn(C(c2ccccc2)(c2ccccc2)c2ccccc2)cn1)S(=O)(=O)c1ccccc1[N+](=O)[O-]. The molecule has 0 radical (unpaired) electrons. The van der Waals surface area contributed by atoms with Crippen LogP contribution in [0.4, 0.5) is 5.69 Å². The van der Waals surface area contributed by atoms with Crippen LogP contribution in [-0.2, 0) is 33.2 Å². The Balaban J connectivity index is 1.21. The predicted molar refractivity (Wildman–Crippen MR) is 249 cm³/mol. The summed E-state index contributed by atoms with van der Waals surface area (Å²) in [7, 11) is -4.71. The van der Waals surface area contributed by atoms with Crippen LogP contribution in [0.1, 0.15) is 45.0 Å². The predicted octanol–water partition coefficient (Wildman–Crippen LogP) is 9.42. The third-order valence-electron chi connectivity index (χ3n) is 11.6. The third-order valence-corrected chi connectivity index (χ3v) is 13.6. The van der Waals surface area contributed by atoms with Crippen LogP contribution in [0.5, 0.6) is 0 Å². The number of aromatic nitrogens is 2. The molecule has 1 amide bonds. The van der Waals surface area contributed by atoms with Gasteiger partial charge in [-0.05, 0) is 45.9 Å². The number of nitrogens with zero attached hydrogens (tertiary/aromatic N) is 4. The van der Waals surface area contributed by atoms with E-state index in [1.165, 1.54) is 24.3 Å². The van der Waals surface area contributed by atoms with E-state index in [9.17, 15) is 14.9 Å². The van der Waals surface area contributed by atoms with E-state index in [1.807, 2.05) is 156 Å². The summed E-state index contributed by atoms with van der Waals surface area (Å²) in [5, 5.41) is 15.5. The summed E-state index contributed by atoms with van der Waals surface area (Å²) in [6.45, 7) is -0.0470. The van der Waals surface area contributed by atoms with E-state index < -0.39 is 43.0 Å². The molecule has 8 rings (SSSR count). The Morgan fingerprint density at radius 1 is 0.656 bits per heavy atom. The molecule has 1 atom stereocenters. The Bertz CT molecular complexity index is 2750. The highest BCUT2D eigenvalue weighted by Gasteiger charge is 2.41. The van der Waals surface area contributed by atoms with E-state index in [2.05, 4.69) is 41.7 Å². The summed E-state index contributed by atoms with van der Waals surface area (Å²) < 4.78 is 33.4. The van der Waals surface area contributed by atoms with Gasteiger partial charge in [-0.1, -0.05) is 194 Å². The zero-order valence-corrected chi connectivity index (χ0v) is 35.8. The number of carbonyl (C=O) groups excluding carboxylic acids is 1. The Hall–Kier alpha value is -7.47. The van der Waals surface area contributed by atoms with Gasteiger partial charge in [0.15, 0.2) is 4.90 Å². The zero-order valence-electron chi connectivity index (χ0n) is 35.0. The number of hydrogen-bond donors (Lipinski definition) is 1. The monoisotopic (exact) mass is 865 g/mol. The van der Waals surface area contributed by atoms with Crippen LogP contribution in [0.2, 0.25) is 0 Å². The van der Waals surface area contributed by atoms with Crippen molar-refractivity contribution in [2.24, 2.45) is 0 Å². The van der Waals surface area contributed by atoms with Gasteiger partial charge in [0.1, 0.15) is 11.6 Å². The highest BCUT2D eigenvalue weighted by atomic mass is 32.2. The fourth-order valence-electron chi connectivity index (χ4n) is 8.56. The molecule has 8 aromatic rings. The molecule has 1 unspecified atom stereocenters. The summed E-state index contributed by atoms with van der Waals surface area (Å²) in [6.07, 6.45) is 3.75. The van der Waals surface area contributed by atoms with Gasteiger partial charge in [0.25, 0.3) is 15.7 Å². The number of sulfonamides is 1. The number of amides is 1. The first-order chi connectivity index (χ1) is 31.3. The van der Waals surface area contributed by atoms with Crippen molar-refractivity contribution in [2.75, 3.05) is 13.1 Å². The normalized spacial score (nSPS) is 12.2. The number of nitro benzene ring substituents is 1. The molecule has 1 heterocycles. The molecular formula is C53H47N5O5S. The van der Waals surface area contributed by atoms with Gasteiger partial charge in [0.05, 0.1) is 16.9 Å². The van der Waals surface area contributed by atoms with Crippen molar-refractivity contribution in [3.63, 3.8) is 0 Å². The lowest BCUT2D eigenvalue weighted by molar-refractivity contribution is -0.387. The molecule has 320 valence electrons. The van der Waals surface area contributed by atoms with E-state index in [4.69, 9.17) is 4.98 Å². The minimum atomic E-state index is -4.71. The number of carbonyl (C=O) groups is 1. The van der Waals surface area contributed by atoms with Crippen LogP contribution < -0.4 is 5.32 Å². The summed E-state index contributed by atoms with van der Waals surface area (Å²) in [5.41, 5.74) is 4.75. The molecule has 0 bridgehead atoms. The highest BCUT2D eigenvalue weighted by molar-refractivity contribution is 7.89. The lowest BCUT2D eigenvalue weighted by Crippen LogP contribution is -2.52. The number of imidazole rings is 1. The van der Waals surface area contributed by atoms with Gasteiger partial charge < -0.3 is 9.88 Å². The largest absolute Gasteiger partial charge is 0.354 e. The minimum Gasteiger partial charge on any atom is -0.354 e. The summed E-state index contributed by atoms with van der Waals surface area (Å²) >= 11 is 0. The second-order valence-electron chi connectivity index (χ2n) is 15.5. The van der Waals surface area contributed by atoms with Crippen LogP contribution in [-0.4, -0.2) is 52.2 Å². The minimum absolute atomic E-state index is 0.00144. The quantitative estimate of drug-likeness (QED) is 0.0521. The third kappa shape index (κ3) is 9.17. The molecular weight excluding hydrogens is 819 g/mol. The number of nitro groups is 1. The number of benzene rings is 7. The Morgan fingerprint density at radius 3 is 1.61 bits per heavy atom. The molecule has 1 aromatic heterocycles. The van der Waals surface area contributed by atoms with Gasteiger partial charge >= 0.3 is 0 Å². The van der Waals surface area contributed by atoms with Crippen molar-refractivity contribution in [1.82, 2.24) is 19.2 Å². The average molecular weight is 866 g/mol. The van der Waals surface area contributed by atoms with Gasteiger partial charge in [0, 0.05) is 37.7 Å². The second kappa shape index (κ2) is 19.7. The van der Waals surface area contributed by atoms with Crippen molar-refractivity contribution in [3.8, 4) is 0 Å².